The van der Waals surface area contributed by atoms with Crippen LogP contribution in [-0.2, 0) is 0 Å². The van der Waals surface area contributed by atoms with Gasteiger partial charge in [0.15, 0.2) is 0 Å². The van der Waals surface area contributed by atoms with Crippen LogP contribution in [0.15, 0.2) is 28.9 Å². The maximum Gasteiger partial charge on any atom is 0.0595 e. The van der Waals surface area contributed by atoms with Crippen molar-refractivity contribution in [3.8, 4) is 0 Å². The van der Waals surface area contributed by atoms with Gasteiger partial charge >= 0.3 is 0 Å². The van der Waals surface area contributed by atoms with E-state index >= 15 is 0 Å². The van der Waals surface area contributed by atoms with Crippen LogP contribution < -0.4 is 5.32 Å². The summed E-state index contributed by atoms with van der Waals surface area (Å²) in [6, 6.07) is 6.18. The highest BCUT2D eigenvalue weighted by atomic mass is 79.9. The highest BCUT2D eigenvalue weighted by molar-refractivity contribution is 9.10. The molecule has 0 amide bonds. The number of H-pyrrole nitrogens is 1. The molecule has 1 heterocycles. The standard InChI is InChI=1S/C9H9BrN2/c1-11-9-5-12-8-3-2-6(10)4-7(8)9/h2-5,11-12H,1H3. The van der Waals surface area contributed by atoms with E-state index in [2.05, 4.69) is 38.4 Å². The zero-order chi connectivity index (χ0) is 8.55. The molecule has 12 heavy (non-hydrogen) atoms. The third-order valence-corrected chi connectivity index (χ3v) is 2.41. The van der Waals surface area contributed by atoms with E-state index in [1.165, 1.54) is 5.39 Å². The average molecular weight is 225 g/mol. The summed E-state index contributed by atoms with van der Waals surface area (Å²) in [4.78, 5) is 3.18. The molecular formula is C9H9BrN2. The van der Waals surface area contributed by atoms with Crippen molar-refractivity contribution < 1.29 is 0 Å². The molecule has 0 aliphatic heterocycles. The number of aromatic nitrogens is 1. The molecule has 0 aliphatic rings. The SMILES string of the molecule is CNc1c[nH]c2ccc(Br)cc12. The summed E-state index contributed by atoms with van der Waals surface area (Å²) in [5, 5.41) is 4.34. The largest absolute Gasteiger partial charge is 0.386 e. The van der Waals surface area contributed by atoms with Gasteiger partial charge in [-0.3, -0.25) is 0 Å². The Hall–Kier alpha value is -0.960. The third kappa shape index (κ3) is 1.10. The highest BCUT2D eigenvalue weighted by Gasteiger charge is 2.00. The number of anilines is 1. The summed E-state index contributed by atoms with van der Waals surface area (Å²) in [7, 11) is 1.92. The number of nitrogens with one attached hydrogen (secondary N) is 2. The number of aromatic amines is 1. The molecule has 62 valence electrons. The van der Waals surface area contributed by atoms with Crippen molar-refractivity contribution in [2.45, 2.75) is 0 Å². The fourth-order valence-electron chi connectivity index (χ4n) is 1.30. The van der Waals surface area contributed by atoms with Crippen molar-refractivity contribution >= 4 is 32.5 Å². The first-order valence-electron chi connectivity index (χ1n) is 3.75. The smallest absolute Gasteiger partial charge is 0.0595 e. The minimum absolute atomic E-state index is 1.10. The van der Waals surface area contributed by atoms with E-state index < -0.39 is 0 Å². The van der Waals surface area contributed by atoms with Crippen molar-refractivity contribution in [3.63, 3.8) is 0 Å². The molecule has 1 aromatic heterocycles. The Morgan fingerprint density at radius 3 is 3.00 bits per heavy atom. The summed E-state index contributed by atoms with van der Waals surface area (Å²) < 4.78 is 1.10. The van der Waals surface area contributed by atoms with E-state index in [1.807, 2.05) is 19.3 Å². The lowest BCUT2D eigenvalue weighted by Crippen LogP contribution is -1.84. The Morgan fingerprint density at radius 2 is 2.25 bits per heavy atom. The number of rotatable bonds is 1. The number of fused-ring (bicyclic) bond motifs is 1. The van der Waals surface area contributed by atoms with Gasteiger partial charge in [0.25, 0.3) is 0 Å². The Bertz CT molecular complexity index is 406. The molecule has 0 radical (unpaired) electrons. The summed E-state index contributed by atoms with van der Waals surface area (Å²) in [5.74, 6) is 0. The van der Waals surface area contributed by atoms with Crippen LogP contribution in [0.25, 0.3) is 10.9 Å². The molecule has 2 N–H and O–H groups in total. The third-order valence-electron chi connectivity index (χ3n) is 1.91. The van der Waals surface area contributed by atoms with Gasteiger partial charge in [0.2, 0.25) is 0 Å². The van der Waals surface area contributed by atoms with Crippen LogP contribution in [0.1, 0.15) is 0 Å². The van der Waals surface area contributed by atoms with Crippen molar-refractivity contribution in [3.05, 3.63) is 28.9 Å². The first-order chi connectivity index (χ1) is 5.81. The summed E-state index contributed by atoms with van der Waals surface area (Å²) >= 11 is 3.44. The Labute approximate surface area is 79.1 Å². The molecule has 0 unspecified atom stereocenters. The molecule has 0 bridgehead atoms. The summed E-state index contributed by atoms with van der Waals surface area (Å²) in [5.41, 5.74) is 2.29. The zero-order valence-electron chi connectivity index (χ0n) is 6.69. The fourth-order valence-corrected chi connectivity index (χ4v) is 1.66. The second-order valence-corrected chi connectivity index (χ2v) is 3.56. The number of benzene rings is 1. The van der Waals surface area contributed by atoms with Gasteiger partial charge in [0.05, 0.1) is 5.69 Å². The van der Waals surface area contributed by atoms with Gasteiger partial charge in [-0.25, -0.2) is 0 Å². The molecule has 0 fully saturated rings. The molecular weight excluding hydrogens is 216 g/mol. The van der Waals surface area contributed by atoms with E-state index in [0.717, 1.165) is 15.7 Å². The predicted molar refractivity (Wildman–Crippen MR) is 55.5 cm³/mol. The monoisotopic (exact) mass is 224 g/mol. The maximum atomic E-state index is 3.44. The Kier molecular flexibility index (Phi) is 1.81. The van der Waals surface area contributed by atoms with Crippen LogP contribution in [0.5, 0.6) is 0 Å². The lowest BCUT2D eigenvalue weighted by molar-refractivity contribution is 1.45. The first kappa shape index (κ1) is 7.68. The second kappa shape index (κ2) is 2.83. The maximum absolute atomic E-state index is 3.44. The van der Waals surface area contributed by atoms with E-state index in [-0.39, 0.29) is 0 Å². The van der Waals surface area contributed by atoms with E-state index in [0.29, 0.717) is 0 Å². The van der Waals surface area contributed by atoms with Crippen LogP contribution in [-0.4, -0.2) is 12.0 Å². The molecule has 2 rings (SSSR count). The second-order valence-electron chi connectivity index (χ2n) is 2.64. The van der Waals surface area contributed by atoms with E-state index in [9.17, 15) is 0 Å². The van der Waals surface area contributed by atoms with Gasteiger partial charge in [0, 0.05) is 28.6 Å². The van der Waals surface area contributed by atoms with Gasteiger partial charge in [-0.15, -0.1) is 0 Å². The van der Waals surface area contributed by atoms with Gasteiger partial charge in [-0.2, -0.15) is 0 Å². The van der Waals surface area contributed by atoms with Crippen LogP contribution >= 0.6 is 15.9 Å². The fraction of sp³-hybridized carbons (Fsp3) is 0.111. The van der Waals surface area contributed by atoms with Crippen LogP contribution in [0.4, 0.5) is 5.69 Å². The van der Waals surface area contributed by atoms with Gasteiger partial charge in [0.1, 0.15) is 0 Å². The van der Waals surface area contributed by atoms with Gasteiger partial charge < -0.3 is 10.3 Å². The van der Waals surface area contributed by atoms with Gasteiger partial charge in [-0.05, 0) is 18.2 Å². The lowest BCUT2D eigenvalue weighted by Gasteiger charge is -1.96. The van der Waals surface area contributed by atoms with Crippen molar-refractivity contribution in [2.75, 3.05) is 12.4 Å². The molecule has 0 atom stereocenters. The molecule has 0 saturated carbocycles. The molecule has 3 heteroatoms. The lowest BCUT2D eigenvalue weighted by atomic mass is 10.2. The highest BCUT2D eigenvalue weighted by Crippen LogP contribution is 2.25. The minimum atomic E-state index is 1.10. The zero-order valence-corrected chi connectivity index (χ0v) is 8.27. The number of halogens is 1. The molecule has 2 aromatic rings. The molecule has 0 spiro atoms. The van der Waals surface area contributed by atoms with Crippen molar-refractivity contribution in [2.24, 2.45) is 0 Å². The van der Waals surface area contributed by atoms with E-state index in [1.54, 1.807) is 0 Å². The molecule has 0 saturated heterocycles. The topological polar surface area (TPSA) is 27.8 Å². The van der Waals surface area contributed by atoms with Crippen LogP contribution in [0.3, 0.4) is 0 Å². The molecule has 2 nitrogen and oxygen atoms in total. The number of hydrogen-bond donors (Lipinski definition) is 2. The summed E-state index contributed by atoms with van der Waals surface area (Å²) in [6.45, 7) is 0. The average Bonchev–Trinajstić information content (AvgIpc) is 2.46. The van der Waals surface area contributed by atoms with Gasteiger partial charge in [-0.1, -0.05) is 15.9 Å². The first-order valence-corrected chi connectivity index (χ1v) is 4.55. The van der Waals surface area contributed by atoms with Crippen LogP contribution in [0.2, 0.25) is 0 Å². The van der Waals surface area contributed by atoms with Crippen LogP contribution in [0, 0.1) is 0 Å². The summed E-state index contributed by atoms with van der Waals surface area (Å²) in [6.07, 6.45) is 1.97. The molecule has 0 aliphatic carbocycles. The minimum Gasteiger partial charge on any atom is -0.386 e. The Balaban J connectivity index is 2.75. The normalized spacial score (nSPS) is 10.5. The predicted octanol–water partition coefficient (Wildman–Crippen LogP) is 2.97. The quantitative estimate of drug-likeness (QED) is 0.767. The van der Waals surface area contributed by atoms with E-state index in [4.69, 9.17) is 0 Å². The number of hydrogen-bond acceptors (Lipinski definition) is 1. The van der Waals surface area contributed by atoms with Crippen molar-refractivity contribution in [1.82, 2.24) is 4.98 Å². The Morgan fingerprint density at radius 1 is 1.42 bits per heavy atom. The van der Waals surface area contributed by atoms with Crippen molar-refractivity contribution in [1.29, 1.82) is 0 Å². The molecule has 1 aromatic carbocycles.